The summed E-state index contributed by atoms with van der Waals surface area (Å²) in [6.07, 6.45) is -1.01. The summed E-state index contributed by atoms with van der Waals surface area (Å²) >= 11 is 0. The molecule has 0 saturated carbocycles. The molecule has 15 heavy (non-hydrogen) atoms. The Hall–Kier alpha value is -0.176. The van der Waals surface area contributed by atoms with Gasteiger partial charge in [-0.15, -0.1) is 0 Å². The van der Waals surface area contributed by atoms with Crippen molar-refractivity contribution in [3.63, 3.8) is 0 Å². The topological polar surface area (TPSA) is 72.5 Å². The fourth-order valence-electron chi connectivity index (χ4n) is 0.919. The average molecular weight is 251 g/mol. The summed E-state index contributed by atoms with van der Waals surface area (Å²) in [6, 6.07) is 0. The second-order valence-electron chi connectivity index (χ2n) is 5.41. The minimum absolute atomic E-state index is 0.685. The molecule has 92 valence electrons. The summed E-state index contributed by atoms with van der Waals surface area (Å²) in [4.78, 5) is 9.67. The summed E-state index contributed by atoms with van der Waals surface area (Å²) in [5.41, 5.74) is 4.55. The molecule has 0 rings (SSSR count). The Labute approximate surface area is 95.1 Å². The molecule has 3 N–H and O–H groups in total. The molecule has 0 spiro atoms. The lowest BCUT2D eigenvalue weighted by Gasteiger charge is -2.27. The van der Waals surface area contributed by atoms with E-state index in [1.807, 2.05) is 0 Å². The fraction of sp³-hybridized carbons (Fsp3) is 0.889. The van der Waals surface area contributed by atoms with Gasteiger partial charge in [0.15, 0.2) is 16.6 Å². The second kappa shape index (κ2) is 6.42. The summed E-state index contributed by atoms with van der Waals surface area (Å²) in [7, 11) is -2.46. The number of amides is 1. The first-order chi connectivity index (χ1) is 6.35. The Morgan fingerprint density at radius 3 is 1.33 bits per heavy atom. The third kappa shape index (κ3) is 20.0. The third-order valence-electron chi connectivity index (χ3n) is 1.02. The maximum Gasteiger partial charge on any atom is 0.245 e. The summed E-state index contributed by atoms with van der Waals surface area (Å²) in [6.45, 7) is 14.8. The van der Waals surface area contributed by atoms with Crippen LogP contribution >= 0.6 is 0 Å². The molecule has 0 heterocycles. The summed E-state index contributed by atoms with van der Waals surface area (Å²) in [5, 5.41) is 8.16. The van der Waals surface area contributed by atoms with E-state index in [0.29, 0.717) is 0 Å². The van der Waals surface area contributed by atoms with E-state index in [-0.39, 0.29) is 0 Å². The normalized spacial score (nSPS) is 13.9. The number of hydrogen-bond acceptors (Lipinski definition) is 3. The van der Waals surface area contributed by atoms with Gasteiger partial charge in [0.05, 0.1) is 0 Å². The van der Waals surface area contributed by atoms with Crippen molar-refractivity contribution >= 4 is 22.5 Å². The van der Waals surface area contributed by atoms with Crippen molar-refractivity contribution in [1.82, 2.24) is 0 Å². The van der Waals surface area contributed by atoms with Crippen molar-refractivity contribution in [2.24, 2.45) is 5.73 Å². The van der Waals surface area contributed by atoms with Crippen molar-refractivity contribution in [1.29, 1.82) is 0 Å². The number of aliphatic hydroxyl groups is 1. The first-order valence-corrected chi connectivity index (χ1v) is 11.8. The molecule has 0 aromatic heterocycles. The number of primary amides is 1. The lowest BCUT2D eigenvalue weighted by atomic mass is 10.4. The Kier molecular flexibility index (Phi) is 7.37. The van der Waals surface area contributed by atoms with E-state index in [9.17, 15) is 4.79 Å². The Bertz CT molecular complexity index is 183. The average Bonchev–Trinajstić information content (AvgIpc) is 1.78. The zero-order valence-electron chi connectivity index (χ0n) is 10.9. The summed E-state index contributed by atoms with van der Waals surface area (Å²) in [5.74, 6) is -0.685. The maximum atomic E-state index is 9.67. The van der Waals surface area contributed by atoms with Crippen molar-refractivity contribution in [3.05, 3.63) is 0 Å². The van der Waals surface area contributed by atoms with Crippen molar-refractivity contribution < 1.29 is 14.0 Å². The highest BCUT2D eigenvalue weighted by molar-refractivity contribution is 6.83. The fourth-order valence-corrected chi connectivity index (χ4v) is 8.27. The van der Waals surface area contributed by atoms with Crippen molar-refractivity contribution in [2.75, 3.05) is 0 Å². The van der Waals surface area contributed by atoms with Crippen LogP contribution in [-0.2, 0) is 8.91 Å². The van der Waals surface area contributed by atoms with Crippen LogP contribution in [0.1, 0.15) is 6.92 Å². The number of carbonyl (C=O) groups is 1. The van der Waals surface area contributed by atoms with Gasteiger partial charge in [-0.3, -0.25) is 4.79 Å². The molecule has 0 saturated heterocycles. The van der Waals surface area contributed by atoms with E-state index in [4.69, 9.17) is 9.22 Å². The maximum absolute atomic E-state index is 9.67. The molecule has 0 aliphatic carbocycles. The number of carbonyl (C=O) groups excluding carboxylic acids is 1. The molecule has 0 radical (unpaired) electrons. The number of aliphatic hydroxyl groups excluding tert-OH is 1. The Balaban J connectivity index is 0. The molecule has 0 aromatic rings. The quantitative estimate of drug-likeness (QED) is 0.747. The molecule has 1 atom stereocenters. The van der Waals surface area contributed by atoms with E-state index in [1.54, 1.807) is 0 Å². The SMILES string of the molecule is CC(O)C(N)=O.C[Si](C)(C)O[Si](C)(C)C. The lowest BCUT2D eigenvalue weighted by molar-refractivity contribution is -0.125. The van der Waals surface area contributed by atoms with Crippen molar-refractivity contribution in [2.45, 2.75) is 52.3 Å². The standard InChI is InChI=1S/C6H18OSi2.C3H7NO2/c1-8(2,3)7-9(4,5)6;1-2(5)3(4)6/h1-6H3;2,5H,1H3,(H2,4,6). The van der Waals surface area contributed by atoms with Crippen LogP contribution in [0.4, 0.5) is 0 Å². The minimum atomic E-state index is -1.23. The highest BCUT2D eigenvalue weighted by Crippen LogP contribution is 2.12. The molecule has 0 aliphatic heterocycles. The van der Waals surface area contributed by atoms with Gasteiger partial charge in [0.2, 0.25) is 5.91 Å². The molecular formula is C9H25NO3Si2. The van der Waals surface area contributed by atoms with Crippen LogP contribution in [0.2, 0.25) is 39.3 Å². The molecule has 0 bridgehead atoms. The van der Waals surface area contributed by atoms with Crippen LogP contribution in [0, 0.1) is 0 Å². The van der Waals surface area contributed by atoms with Gasteiger partial charge in [-0.05, 0) is 46.2 Å². The lowest BCUT2D eigenvalue weighted by Crippen LogP contribution is -2.39. The van der Waals surface area contributed by atoms with E-state index in [2.05, 4.69) is 45.0 Å². The van der Waals surface area contributed by atoms with Crippen LogP contribution in [0.5, 0.6) is 0 Å². The predicted molar refractivity (Wildman–Crippen MR) is 68.7 cm³/mol. The van der Waals surface area contributed by atoms with Gasteiger partial charge in [0.1, 0.15) is 6.10 Å². The minimum Gasteiger partial charge on any atom is -0.456 e. The van der Waals surface area contributed by atoms with Gasteiger partial charge in [0, 0.05) is 0 Å². The first kappa shape index (κ1) is 17.2. The van der Waals surface area contributed by atoms with Gasteiger partial charge in [-0.1, -0.05) is 0 Å². The second-order valence-corrected chi connectivity index (χ2v) is 14.7. The number of nitrogens with two attached hydrogens (primary N) is 1. The zero-order chi connectivity index (χ0) is 12.9. The van der Waals surface area contributed by atoms with E-state index in [1.165, 1.54) is 6.92 Å². The van der Waals surface area contributed by atoms with Gasteiger partial charge in [-0.2, -0.15) is 0 Å². The highest BCUT2D eigenvalue weighted by atomic mass is 28.4. The van der Waals surface area contributed by atoms with Gasteiger partial charge < -0.3 is 15.0 Å². The van der Waals surface area contributed by atoms with Gasteiger partial charge in [0.25, 0.3) is 0 Å². The summed E-state index contributed by atoms with van der Waals surface area (Å²) < 4.78 is 5.90. The van der Waals surface area contributed by atoms with Crippen LogP contribution in [0.3, 0.4) is 0 Å². The van der Waals surface area contributed by atoms with Gasteiger partial charge in [-0.25, -0.2) is 0 Å². The van der Waals surface area contributed by atoms with E-state index >= 15 is 0 Å². The molecule has 4 nitrogen and oxygen atoms in total. The molecule has 0 aliphatic rings. The van der Waals surface area contributed by atoms with Crippen LogP contribution in [0.15, 0.2) is 0 Å². The highest BCUT2D eigenvalue weighted by Gasteiger charge is 2.24. The van der Waals surface area contributed by atoms with Crippen LogP contribution in [-0.4, -0.2) is 33.8 Å². The molecule has 0 aromatic carbocycles. The van der Waals surface area contributed by atoms with E-state index < -0.39 is 28.6 Å². The largest absolute Gasteiger partial charge is 0.456 e. The molecule has 1 amide bonds. The number of rotatable bonds is 3. The molecular weight excluding hydrogens is 226 g/mol. The van der Waals surface area contributed by atoms with Crippen LogP contribution < -0.4 is 5.73 Å². The van der Waals surface area contributed by atoms with E-state index in [0.717, 1.165) is 0 Å². The molecule has 0 fully saturated rings. The monoisotopic (exact) mass is 251 g/mol. The molecule has 1 unspecified atom stereocenters. The van der Waals surface area contributed by atoms with Crippen LogP contribution in [0.25, 0.3) is 0 Å². The van der Waals surface area contributed by atoms with Gasteiger partial charge >= 0.3 is 0 Å². The first-order valence-electron chi connectivity index (χ1n) is 5.03. The molecule has 6 heteroatoms. The predicted octanol–water partition coefficient (Wildman–Crippen LogP) is 1.53. The number of hydrogen-bond donors (Lipinski definition) is 2. The Morgan fingerprint density at radius 1 is 1.13 bits per heavy atom. The smallest absolute Gasteiger partial charge is 0.245 e. The van der Waals surface area contributed by atoms with Crippen molar-refractivity contribution in [3.8, 4) is 0 Å². The Morgan fingerprint density at radius 2 is 1.33 bits per heavy atom. The zero-order valence-corrected chi connectivity index (χ0v) is 12.9. The third-order valence-corrected chi connectivity index (χ3v) is 5.92.